The second-order valence-electron chi connectivity index (χ2n) is 4.97. The van der Waals surface area contributed by atoms with Crippen LogP contribution in [0.3, 0.4) is 0 Å². The number of rotatable bonds is 6. The Balaban J connectivity index is 2.16. The van der Waals surface area contributed by atoms with E-state index in [0.717, 1.165) is 23.3 Å². The van der Waals surface area contributed by atoms with Crippen LogP contribution in [0.4, 0.5) is 0 Å². The summed E-state index contributed by atoms with van der Waals surface area (Å²) in [5, 5.41) is 8.78. The van der Waals surface area contributed by atoms with Gasteiger partial charge in [0.1, 0.15) is 0 Å². The van der Waals surface area contributed by atoms with Gasteiger partial charge >= 0.3 is 5.97 Å². The lowest BCUT2D eigenvalue weighted by Gasteiger charge is -2.10. The van der Waals surface area contributed by atoms with Crippen molar-refractivity contribution in [2.24, 2.45) is 0 Å². The minimum absolute atomic E-state index is 0.0797. The molecule has 0 radical (unpaired) electrons. The number of aryl methyl sites for hydroxylation is 2. The molecular weight excluding hydrogens is 280 g/mol. The van der Waals surface area contributed by atoms with E-state index in [1.54, 1.807) is 11.8 Å². The van der Waals surface area contributed by atoms with Gasteiger partial charge in [0.25, 0.3) is 0 Å². The van der Waals surface area contributed by atoms with Crippen molar-refractivity contribution in [1.82, 2.24) is 0 Å². The molecule has 0 unspecified atom stereocenters. The maximum absolute atomic E-state index is 10.7. The zero-order valence-corrected chi connectivity index (χ0v) is 13.2. The highest BCUT2D eigenvalue weighted by molar-refractivity contribution is 7.99. The second kappa shape index (κ2) is 7.32. The minimum atomic E-state index is -0.793. The first-order chi connectivity index (χ1) is 10.1. The van der Waals surface area contributed by atoms with Crippen molar-refractivity contribution < 1.29 is 9.90 Å². The van der Waals surface area contributed by atoms with Gasteiger partial charge in [-0.1, -0.05) is 49.9 Å². The topological polar surface area (TPSA) is 37.3 Å². The third-order valence-electron chi connectivity index (χ3n) is 3.42. The summed E-state index contributed by atoms with van der Waals surface area (Å²) < 4.78 is 0. The van der Waals surface area contributed by atoms with E-state index in [2.05, 4.69) is 32.0 Å². The maximum Gasteiger partial charge on any atom is 0.307 e. The quantitative estimate of drug-likeness (QED) is 0.848. The van der Waals surface area contributed by atoms with Crippen LogP contribution in [0, 0.1) is 0 Å². The third kappa shape index (κ3) is 4.36. The molecule has 2 rings (SSSR count). The maximum atomic E-state index is 10.7. The number of hydrogen-bond donors (Lipinski definition) is 1. The van der Waals surface area contributed by atoms with E-state index in [0.29, 0.717) is 0 Å². The Bertz CT molecular complexity index is 618. The number of aliphatic carboxylic acids is 1. The molecule has 0 saturated heterocycles. The van der Waals surface area contributed by atoms with Crippen LogP contribution in [0.25, 0.3) is 0 Å². The molecule has 0 aliphatic carbocycles. The summed E-state index contributed by atoms with van der Waals surface area (Å²) in [6.07, 6.45) is 2.16. The van der Waals surface area contributed by atoms with Gasteiger partial charge in [0.15, 0.2) is 0 Å². The van der Waals surface area contributed by atoms with Crippen molar-refractivity contribution in [3.05, 3.63) is 59.2 Å². The zero-order chi connectivity index (χ0) is 15.2. The molecular formula is C18H20O2S. The molecule has 0 fully saturated rings. The normalized spacial score (nSPS) is 10.6. The summed E-state index contributed by atoms with van der Waals surface area (Å²) in [6, 6.07) is 14.4. The Morgan fingerprint density at radius 3 is 2.24 bits per heavy atom. The predicted molar refractivity (Wildman–Crippen MR) is 87.1 cm³/mol. The van der Waals surface area contributed by atoms with Gasteiger partial charge in [-0.3, -0.25) is 4.79 Å². The molecule has 0 spiro atoms. The van der Waals surface area contributed by atoms with Crippen LogP contribution in [0.1, 0.15) is 30.5 Å². The fourth-order valence-corrected chi connectivity index (χ4v) is 3.20. The Hall–Kier alpha value is -1.74. The predicted octanol–water partition coefficient (Wildman–Crippen LogP) is 4.59. The molecule has 21 heavy (non-hydrogen) atoms. The number of carbonyl (C=O) groups is 1. The second-order valence-corrected chi connectivity index (χ2v) is 6.08. The van der Waals surface area contributed by atoms with Crippen molar-refractivity contribution in [1.29, 1.82) is 0 Å². The van der Waals surface area contributed by atoms with Crippen molar-refractivity contribution in [2.75, 3.05) is 0 Å². The molecule has 0 heterocycles. The van der Waals surface area contributed by atoms with Gasteiger partial charge in [0.05, 0.1) is 6.42 Å². The molecule has 3 heteroatoms. The van der Waals surface area contributed by atoms with Gasteiger partial charge in [0.2, 0.25) is 0 Å². The van der Waals surface area contributed by atoms with E-state index >= 15 is 0 Å². The van der Waals surface area contributed by atoms with E-state index in [1.165, 1.54) is 16.0 Å². The average Bonchev–Trinajstić information content (AvgIpc) is 2.49. The number of benzene rings is 2. The van der Waals surface area contributed by atoms with Crippen LogP contribution in [0.2, 0.25) is 0 Å². The Morgan fingerprint density at radius 1 is 1.00 bits per heavy atom. The molecule has 0 saturated carbocycles. The molecule has 0 aliphatic rings. The first kappa shape index (κ1) is 15.6. The highest BCUT2D eigenvalue weighted by atomic mass is 32.2. The van der Waals surface area contributed by atoms with Crippen molar-refractivity contribution >= 4 is 17.7 Å². The monoisotopic (exact) mass is 300 g/mol. The van der Waals surface area contributed by atoms with Crippen molar-refractivity contribution in [3.8, 4) is 0 Å². The molecule has 110 valence electrons. The molecule has 2 aromatic rings. The minimum Gasteiger partial charge on any atom is -0.481 e. The highest BCUT2D eigenvalue weighted by Gasteiger charge is 2.05. The summed E-state index contributed by atoms with van der Waals surface area (Å²) >= 11 is 1.74. The SMILES string of the molecule is CCc1ccc(Sc2ccc(CC(=O)O)cc2)c(CC)c1. The van der Waals surface area contributed by atoms with Crippen LogP contribution in [-0.2, 0) is 24.1 Å². The molecule has 0 aromatic heterocycles. The molecule has 1 N–H and O–H groups in total. The lowest BCUT2D eigenvalue weighted by atomic mass is 10.1. The first-order valence-electron chi connectivity index (χ1n) is 7.22. The van der Waals surface area contributed by atoms with Crippen molar-refractivity contribution in [2.45, 2.75) is 42.9 Å². The van der Waals surface area contributed by atoms with E-state index < -0.39 is 5.97 Å². The van der Waals surface area contributed by atoms with Crippen LogP contribution in [0.15, 0.2) is 52.3 Å². The van der Waals surface area contributed by atoms with Gasteiger partial charge < -0.3 is 5.11 Å². The summed E-state index contributed by atoms with van der Waals surface area (Å²) in [5.41, 5.74) is 3.57. The van der Waals surface area contributed by atoms with Gasteiger partial charge in [-0.15, -0.1) is 0 Å². The van der Waals surface area contributed by atoms with Gasteiger partial charge in [-0.2, -0.15) is 0 Å². The zero-order valence-electron chi connectivity index (χ0n) is 12.4. The molecule has 0 atom stereocenters. The molecule has 0 amide bonds. The number of hydrogen-bond acceptors (Lipinski definition) is 2. The largest absolute Gasteiger partial charge is 0.481 e. The fourth-order valence-electron chi connectivity index (χ4n) is 2.21. The Labute approximate surface area is 130 Å². The van der Waals surface area contributed by atoms with Gasteiger partial charge in [-0.05, 0) is 47.7 Å². The molecule has 2 aromatic carbocycles. The van der Waals surface area contributed by atoms with E-state index in [-0.39, 0.29) is 6.42 Å². The van der Waals surface area contributed by atoms with E-state index in [9.17, 15) is 4.79 Å². The summed E-state index contributed by atoms with van der Waals surface area (Å²) in [6.45, 7) is 4.34. The molecule has 0 aliphatic heterocycles. The standard InChI is InChI=1S/C18H20O2S/c1-3-13-7-10-17(15(4-2)11-13)21-16-8-5-14(6-9-16)12-18(19)20/h5-11H,3-4,12H2,1-2H3,(H,19,20). The lowest BCUT2D eigenvalue weighted by Crippen LogP contribution is -1.99. The van der Waals surface area contributed by atoms with Crippen LogP contribution < -0.4 is 0 Å². The van der Waals surface area contributed by atoms with E-state index in [1.807, 2.05) is 24.3 Å². The third-order valence-corrected chi connectivity index (χ3v) is 4.55. The molecule has 0 bridgehead atoms. The summed E-state index contributed by atoms with van der Waals surface area (Å²) in [4.78, 5) is 13.1. The average molecular weight is 300 g/mol. The summed E-state index contributed by atoms with van der Waals surface area (Å²) in [7, 11) is 0. The van der Waals surface area contributed by atoms with Crippen LogP contribution in [0.5, 0.6) is 0 Å². The van der Waals surface area contributed by atoms with Crippen LogP contribution >= 0.6 is 11.8 Å². The first-order valence-corrected chi connectivity index (χ1v) is 8.04. The van der Waals surface area contributed by atoms with E-state index in [4.69, 9.17) is 5.11 Å². The van der Waals surface area contributed by atoms with Crippen LogP contribution in [-0.4, -0.2) is 11.1 Å². The van der Waals surface area contributed by atoms with Gasteiger partial charge in [0, 0.05) is 9.79 Å². The highest BCUT2D eigenvalue weighted by Crippen LogP contribution is 2.31. The number of carboxylic acids is 1. The fraction of sp³-hybridized carbons (Fsp3) is 0.278. The van der Waals surface area contributed by atoms with Crippen molar-refractivity contribution in [3.63, 3.8) is 0 Å². The summed E-state index contributed by atoms with van der Waals surface area (Å²) in [5.74, 6) is -0.793. The van der Waals surface area contributed by atoms with Gasteiger partial charge in [-0.25, -0.2) is 0 Å². The lowest BCUT2D eigenvalue weighted by molar-refractivity contribution is -0.136. The Morgan fingerprint density at radius 2 is 1.67 bits per heavy atom. The molecule has 2 nitrogen and oxygen atoms in total. The Kier molecular flexibility index (Phi) is 5.45. The number of carboxylic acid groups (broad SMARTS) is 1. The smallest absolute Gasteiger partial charge is 0.307 e.